The van der Waals surface area contributed by atoms with Crippen LogP contribution in [0, 0.1) is 11.3 Å². The van der Waals surface area contributed by atoms with E-state index in [1.54, 1.807) is 18.2 Å². The summed E-state index contributed by atoms with van der Waals surface area (Å²) in [6.07, 6.45) is 1.20. The zero-order valence-electron chi connectivity index (χ0n) is 20.6. The fraction of sp³-hybridized carbons (Fsp3) is 0.241. The van der Waals surface area contributed by atoms with Gasteiger partial charge in [0.05, 0.1) is 10.2 Å². The van der Waals surface area contributed by atoms with Gasteiger partial charge < -0.3 is 21.1 Å². The third kappa shape index (κ3) is 5.37. The minimum Gasteiger partial charge on any atom is -0.449 e. The lowest BCUT2D eigenvalue weighted by Crippen LogP contribution is -2.44. The van der Waals surface area contributed by atoms with Crippen molar-refractivity contribution in [1.29, 1.82) is 5.26 Å². The predicted molar refractivity (Wildman–Crippen MR) is 148 cm³/mol. The molecule has 5 rings (SSSR count). The van der Waals surface area contributed by atoms with E-state index in [9.17, 15) is 9.59 Å². The van der Waals surface area contributed by atoms with Gasteiger partial charge in [0.2, 0.25) is 5.91 Å². The SMILES string of the molecule is N#Cc1nc2ccc(NC(=O)[C@H](CCCCN)NC(=O)OCC3c4ccccc4-c4ccccc43)cc2s1. The van der Waals surface area contributed by atoms with E-state index >= 15 is 0 Å². The van der Waals surface area contributed by atoms with Crippen molar-refractivity contribution < 1.29 is 14.3 Å². The van der Waals surface area contributed by atoms with Crippen molar-refractivity contribution in [2.45, 2.75) is 31.2 Å². The fourth-order valence-electron chi connectivity index (χ4n) is 4.82. The molecule has 1 aliphatic rings. The Labute approximate surface area is 224 Å². The number of nitrogens with two attached hydrogens (primary N) is 1. The van der Waals surface area contributed by atoms with Crippen LogP contribution in [0.2, 0.25) is 0 Å². The monoisotopic (exact) mass is 525 g/mol. The van der Waals surface area contributed by atoms with Gasteiger partial charge in [-0.2, -0.15) is 5.26 Å². The van der Waals surface area contributed by atoms with E-state index in [0.717, 1.165) is 33.4 Å². The van der Waals surface area contributed by atoms with Gasteiger partial charge in [-0.05, 0) is 66.3 Å². The van der Waals surface area contributed by atoms with Crippen LogP contribution in [0.25, 0.3) is 21.3 Å². The number of nitrogens with one attached hydrogen (secondary N) is 2. The van der Waals surface area contributed by atoms with Crippen molar-refractivity contribution in [3.05, 3.63) is 82.9 Å². The number of anilines is 1. The Morgan fingerprint density at radius 2 is 1.76 bits per heavy atom. The van der Waals surface area contributed by atoms with Crippen molar-refractivity contribution in [3.8, 4) is 17.2 Å². The van der Waals surface area contributed by atoms with Crippen LogP contribution >= 0.6 is 11.3 Å². The number of carbonyl (C=O) groups is 2. The van der Waals surface area contributed by atoms with Gasteiger partial charge in [0.25, 0.3) is 0 Å². The van der Waals surface area contributed by atoms with E-state index in [4.69, 9.17) is 15.7 Å². The lowest BCUT2D eigenvalue weighted by molar-refractivity contribution is -0.118. The molecule has 4 aromatic rings. The molecule has 0 bridgehead atoms. The van der Waals surface area contributed by atoms with Gasteiger partial charge >= 0.3 is 6.09 Å². The van der Waals surface area contributed by atoms with Crippen LogP contribution in [0.1, 0.15) is 41.3 Å². The number of amides is 2. The number of unbranched alkanes of at least 4 members (excludes halogenated alkanes) is 1. The molecule has 192 valence electrons. The van der Waals surface area contributed by atoms with Crippen LogP contribution in [0.15, 0.2) is 66.7 Å². The van der Waals surface area contributed by atoms with E-state index in [0.29, 0.717) is 35.6 Å². The number of rotatable bonds is 9. The number of thiazole rings is 1. The molecule has 8 nitrogen and oxygen atoms in total. The van der Waals surface area contributed by atoms with Crippen LogP contribution in [0.3, 0.4) is 0 Å². The second kappa shape index (κ2) is 11.4. The average Bonchev–Trinajstić information content (AvgIpc) is 3.50. The number of fused-ring (bicyclic) bond motifs is 4. The number of ether oxygens (including phenoxy) is 1. The molecule has 1 aliphatic carbocycles. The lowest BCUT2D eigenvalue weighted by atomic mass is 9.98. The smallest absolute Gasteiger partial charge is 0.407 e. The molecule has 1 heterocycles. The van der Waals surface area contributed by atoms with Crippen molar-refractivity contribution in [1.82, 2.24) is 10.3 Å². The molecule has 0 saturated heterocycles. The maximum absolute atomic E-state index is 13.2. The summed E-state index contributed by atoms with van der Waals surface area (Å²) < 4.78 is 6.45. The van der Waals surface area contributed by atoms with Gasteiger partial charge in [0.15, 0.2) is 5.01 Å². The molecular formula is C29H27N5O3S. The molecule has 0 radical (unpaired) electrons. The maximum atomic E-state index is 13.2. The third-order valence-corrected chi connectivity index (χ3v) is 7.57. The summed E-state index contributed by atoms with van der Waals surface area (Å²) in [4.78, 5) is 30.2. The summed E-state index contributed by atoms with van der Waals surface area (Å²) in [6.45, 7) is 0.669. The van der Waals surface area contributed by atoms with Crippen LogP contribution in [-0.2, 0) is 9.53 Å². The summed E-state index contributed by atoms with van der Waals surface area (Å²) in [5.74, 6) is -0.415. The Hall–Kier alpha value is -4.26. The molecule has 2 amide bonds. The highest BCUT2D eigenvalue weighted by Gasteiger charge is 2.29. The van der Waals surface area contributed by atoms with Gasteiger partial charge in [0.1, 0.15) is 18.7 Å². The van der Waals surface area contributed by atoms with Gasteiger partial charge in [-0.15, -0.1) is 11.3 Å². The van der Waals surface area contributed by atoms with E-state index in [1.807, 2.05) is 30.3 Å². The second-order valence-electron chi connectivity index (χ2n) is 9.11. The molecule has 0 aliphatic heterocycles. The number of nitriles is 1. The number of hydrogen-bond acceptors (Lipinski definition) is 7. The molecule has 0 unspecified atom stereocenters. The first kappa shape index (κ1) is 25.4. The van der Waals surface area contributed by atoms with Crippen molar-refractivity contribution in [3.63, 3.8) is 0 Å². The molecule has 4 N–H and O–H groups in total. The van der Waals surface area contributed by atoms with Gasteiger partial charge in [-0.25, -0.2) is 9.78 Å². The molecule has 1 aromatic heterocycles. The van der Waals surface area contributed by atoms with Crippen LogP contribution < -0.4 is 16.4 Å². The zero-order valence-corrected chi connectivity index (χ0v) is 21.5. The van der Waals surface area contributed by atoms with Gasteiger partial charge in [-0.1, -0.05) is 48.5 Å². The third-order valence-electron chi connectivity index (χ3n) is 6.65. The molecule has 1 atom stereocenters. The summed E-state index contributed by atoms with van der Waals surface area (Å²) in [7, 11) is 0. The summed E-state index contributed by atoms with van der Waals surface area (Å²) in [5.41, 5.74) is 11.4. The highest BCUT2D eigenvalue weighted by atomic mass is 32.1. The Balaban J connectivity index is 1.25. The number of hydrogen-bond donors (Lipinski definition) is 3. The highest BCUT2D eigenvalue weighted by molar-refractivity contribution is 7.19. The molecule has 38 heavy (non-hydrogen) atoms. The van der Waals surface area contributed by atoms with Crippen LogP contribution in [0.5, 0.6) is 0 Å². The van der Waals surface area contributed by atoms with E-state index < -0.39 is 12.1 Å². The molecular weight excluding hydrogens is 498 g/mol. The number of carbonyl (C=O) groups excluding carboxylic acids is 2. The van der Waals surface area contributed by atoms with Crippen LogP contribution in [-0.4, -0.2) is 36.2 Å². The van der Waals surface area contributed by atoms with Crippen molar-refractivity contribution in [2.24, 2.45) is 5.73 Å². The van der Waals surface area contributed by atoms with Gasteiger partial charge in [-0.3, -0.25) is 4.79 Å². The number of benzene rings is 3. The predicted octanol–water partition coefficient (Wildman–Crippen LogP) is 5.14. The molecule has 0 spiro atoms. The molecule has 9 heteroatoms. The standard InChI is InChI=1S/C29H27N5O3S/c30-14-6-5-11-25(28(35)32-18-12-13-24-26(15-18)38-27(16-31)33-24)34-29(36)37-17-23-21-9-3-1-7-19(21)20-8-2-4-10-22(20)23/h1-4,7-10,12-13,15,23,25H,5-6,11,14,17,30H2,(H,32,35)(H,34,36)/t25-/m0/s1. The number of aromatic nitrogens is 1. The van der Waals surface area contributed by atoms with Gasteiger partial charge in [0, 0.05) is 11.6 Å². The van der Waals surface area contributed by atoms with E-state index in [1.165, 1.54) is 11.3 Å². The topological polar surface area (TPSA) is 130 Å². The minimum atomic E-state index is -0.788. The Morgan fingerprint density at radius 3 is 2.45 bits per heavy atom. The Kier molecular flexibility index (Phi) is 7.63. The van der Waals surface area contributed by atoms with Crippen LogP contribution in [0.4, 0.5) is 10.5 Å². The Morgan fingerprint density at radius 1 is 1.05 bits per heavy atom. The molecule has 3 aromatic carbocycles. The fourth-order valence-corrected chi connectivity index (χ4v) is 5.63. The van der Waals surface area contributed by atoms with Crippen molar-refractivity contribution in [2.75, 3.05) is 18.5 Å². The second-order valence-corrected chi connectivity index (χ2v) is 10.1. The maximum Gasteiger partial charge on any atom is 0.407 e. The highest BCUT2D eigenvalue weighted by Crippen LogP contribution is 2.44. The first-order valence-corrected chi connectivity index (χ1v) is 13.3. The number of nitrogens with zero attached hydrogens (tertiary/aromatic N) is 2. The van der Waals surface area contributed by atoms with E-state index in [2.05, 4.69) is 39.9 Å². The summed E-state index contributed by atoms with van der Waals surface area (Å²) in [6, 6.07) is 22.8. The zero-order chi connectivity index (χ0) is 26.5. The summed E-state index contributed by atoms with van der Waals surface area (Å²) >= 11 is 1.26. The number of alkyl carbamates (subject to hydrolysis) is 1. The molecule has 0 saturated carbocycles. The first-order chi connectivity index (χ1) is 18.6. The largest absolute Gasteiger partial charge is 0.449 e. The lowest BCUT2D eigenvalue weighted by Gasteiger charge is -2.20. The average molecular weight is 526 g/mol. The van der Waals surface area contributed by atoms with Crippen molar-refractivity contribution >= 4 is 39.2 Å². The quantitative estimate of drug-likeness (QED) is 0.259. The first-order valence-electron chi connectivity index (χ1n) is 12.5. The summed E-state index contributed by atoms with van der Waals surface area (Å²) in [5, 5.41) is 15.1. The molecule has 0 fully saturated rings. The normalized spacial score (nSPS) is 12.8. The van der Waals surface area contributed by atoms with E-state index in [-0.39, 0.29) is 18.4 Å². The minimum absolute atomic E-state index is 0.0675. The Bertz CT molecular complexity index is 1480.